The predicted molar refractivity (Wildman–Crippen MR) is 98.7 cm³/mol. The van der Waals surface area contributed by atoms with Gasteiger partial charge in [0.25, 0.3) is 11.8 Å². The first-order valence-corrected chi connectivity index (χ1v) is 9.03. The molecule has 0 aliphatic heterocycles. The molecule has 2 amide bonds. The second-order valence-corrected chi connectivity index (χ2v) is 7.26. The van der Waals surface area contributed by atoms with Crippen molar-refractivity contribution in [3.63, 3.8) is 0 Å². The van der Waals surface area contributed by atoms with E-state index < -0.39 is 5.91 Å². The van der Waals surface area contributed by atoms with E-state index in [9.17, 15) is 9.59 Å². The summed E-state index contributed by atoms with van der Waals surface area (Å²) in [6, 6.07) is 1.61. The van der Waals surface area contributed by atoms with Gasteiger partial charge in [0.2, 0.25) is 0 Å². The van der Waals surface area contributed by atoms with Crippen LogP contribution < -0.4 is 11.1 Å². The number of halogens is 1. The molecule has 0 saturated heterocycles. The lowest BCUT2D eigenvalue weighted by Crippen LogP contribution is -2.13. The smallest absolute Gasteiger partial charge is 0.279 e. The molecule has 0 spiro atoms. The highest BCUT2D eigenvalue weighted by Crippen LogP contribution is 2.28. The Morgan fingerprint density at radius 3 is 2.76 bits per heavy atom. The molecule has 3 aromatic rings. The number of amides is 2. The number of nitrogens with two attached hydrogens (primary N) is 1. The van der Waals surface area contributed by atoms with Crippen molar-refractivity contribution in [2.45, 2.75) is 19.8 Å². The zero-order valence-corrected chi connectivity index (χ0v) is 15.8. The first-order chi connectivity index (χ1) is 11.9. The third-order valence-corrected chi connectivity index (χ3v) is 5.05. The van der Waals surface area contributed by atoms with Crippen molar-refractivity contribution in [1.29, 1.82) is 0 Å². The largest absolute Gasteiger partial charge is 0.364 e. The number of aromatic nitrogens is 4. The molecule has 3 aromatic heterocycles. The van der Waals surface area contributed by atoms with E-state index in [0.29, 0.717) is 26.6 Å². The zero-order valence-electron chi connectivity index (χ0n) is 13.4. The number of nitrogens with zero attached hydrogens (tertiary/aromatic N) is 2. The SMILES string of the molecule is CC(C)c1[nH]nc(C(=O)Nc2nc(-c3c[nH]c(C(N)=O)c3)cs2)c1Br. The maximum absolute atomic E-state index is 12.4. The quantitative estimate of drug-likeness (QED) is 0.502. The molecule has 25 heavy (non-hydrogen) atoms. The molecule has 10 heteroatoms. The Hall–Kier alpha value is -2.46. The molecule has 0 unspecified atom stereocenters. The van der Waals surface area contributed by atoms with Crippen LogP contribution in [-0.2, 0) is 0 Å². The molecule has 130 valence electrons. The van der Waals surface area contributed by atoms with Crippen LogP contribution in [0.15, 0.2) is 22.1 Å². The molecule has 0 atom stereocenters. The van der Waals surface area contributed by atoms with Crippen molar-refractivity contribution in [3.8, 4) is 11.3 Å². The lowest BCUT2D eigenvalue weighted by molar-refractivity contribution is 0.0993. The van der Waals surface area contributed by atoms with Crippen molar-refractivity contribution in [2.75, 3.05) is 5.32 Å². The van der Waals surface area contributed by atoms with Gasteiger partial charge in [0.1, 0.15) is 5.69 Å². The number of primary amides is 1. The van der Waals surface area contributed by atoms with Crippen molar-refractivity contribution in [1.82, 2.24) is 20.2 Å². The number of carbonyl (C=O) groups is 2. The van der Waals surface area contributed by atoms with E-state index in [0.717, 1.165) is 5.69 Å². The highest BCUT2D eigenvalue weighted by molar-refractivity contribution is 9.10. The maximum Gasteiger partial charge on any atom is 0.279 e. The van der Waals surface area contributed by atoms with Gasteiger partial charge >= 0.3 is 0 Å². The highest BCUT2D eigenvalue weighted by Gasteiger charge is 2.20. The summed E-state index contributed by atoms with van der Waals surface area (Å²) in [4.78, 5) is 30.7. The van der Waals surface area contributed by atoms with Gasteiger partial charge in [-0.15, -0.1) is 11.3 Å². The fourth-order valence-electron chi connectivity index (χ4n) is 2.18. The highest BCUT2D eigenvalue weighted by atomic mass is 79.9. The summed E-state index contributed by atoms with van der Waals surface area (Å²) in [7, 11) is 0. The van der Waals surface area contributed by atoms with Crippen molar-refractivity contribution in [3.05, 3.63) is 39.2 Å². The topological polar surface area (TPSA) is 130 Å². The van der Waals surface area contributed by atoms with Gasteiger partial charge in [-0.25, -0.2) is 4.98 Å². The number of rotatable bonds is 5. The van der Waals surface area contributed by atoms with Crippen LogP contribution in [0.25, 0.3) is 11.3 Å². The van der Waals surface area contributed by atoms with Crippen LogP contribution in [0.5, 0.6) is 0 Å². The third kappa shape index (κ3) is 3.49. The van der Waals surface area contributed by atoms with Crippen LogP contribution in [0, 0.1) is 0 Å². The molecule has 3 heterocycles. The molecule has 0 aliphatic rings. The Balaban J connectivity index is 1.77. The second-order valence-electron chi connectivity index (χ2n) is 5.61. The van der Waals surface area contributed by atoms with Gasteiger partial charge in [0, 0.05) is 17.1 Å². The normalized spacial score (nSPS) is 11.0. The predicted octanol–water partition coefficient (Wildman–Crippen LogP) is 3.10. The first kappa shape index (κ1) is 17.4. The van der Waals surface area contributed by atoms with Crippen LogP contribution in [0.1, 0.15) is 46.4 Å². The van der Waals surface area contributed by atoms with Gasteiger partial charge in [-0.2, -0.15) is 5.10 Å². The van der Waals surface area contributed by atoms with E-state index in [1.165, 1.54) is 11.3 Å². The Kier molecular flexibility index (Phi) is 4.73. The number of hydrogen-bond donors (Lipinski definition) is 4. The summed E-state index contributed by atoms with van der Waals surface area (Å²) < 4.78 is 0.647. The third-order valence-electron chi connectivity index (χ3n) is 3.49. The average molecular weight is 423 g/mol. The number of hydrogen-bond acceptors (Lipinski definition) is 5. The molecular weight excluding hydrogens is 408 g/mol. The number of H-pyrrole nitrogens is 2. The number of nitrogens with one attached hydrogen (secondary N) is 3. The molecular formula is C15H15BrN6O2S. The standard InChI is InChI=1S/C15H15BrN6O2S/c1-6(2)11-10(16)12(22-21-11)14(24)20-15-19-9(5-25-15)7-3-8(13(17)23)18-4-7/h3-6,18H,1-2H3,(H2,17,23)(H,21,22)(H,19,20,24). The van der Waals surface area contributed by atoms with Crippen LogP contribution in [0.4, 0.5) is 5.13 Å². The summed E-state index contributed by atoms with van der Waals surface area (Å²) in [6.07, 6.45) is 1.64. The van der Waals surface area contributed by atoms with E-state index in [-0.39, 0.29) is 17.5 Å². The van der Waals surface area contributed by atoms with Gasteiger partial charge in [0.05, 0.1) is 15.9 Å². The van der Waals surface area contributed by atoms with Gasteiger partial charge in [-0.3, -0.25) is 20.0 Å². The van der Waals surface area contributed by atoms with Crippen molar-refractivity contribution < 1.29 is 9.59 Å². The second kappa shape index (κ2) is 6.81. The Morgan fingerprint density at radius 1 is 1.40 bits per heavy atom. The fourth-order valence-corrected chi connectivity index (χ4v) is 3.71. The van der Waals surface area contributed by atoms with Crippen LogP contribution >= 0.6 is 27.3 Å². The zero-order chi connectivity index (χ0) is 18.1. The first-order valence-electron chi connectivity index (χ1n) is 7.36. The van der Waals surface area contributed by atoms with Crippen LogP contribution in [-0.4, -0.2) is 32.0 Å². The number of carbonyl (C=O) groups excluding carboxylic acids is 2. The molecule has 0 bridgehead atoms. The van der Waals surface area contributed by atoms with Crippen molar-refractivity contribution >= 4 is 44.2 Å². The van der Waals surface area contributed by atoms with Gasteiger partial charge in [-0.05, 0) is 27.9 Å². The lowest BCUT2D eigenvalue weighted by atomic mass is 10.1. The minimum absolute atomic E-state index is 0.211. The molecule has 3 rings (SSSR count). The minimum atomic E-state index is -0.542. The Morgan fingerprint density at radius 2 is 2.16 bits per heavy atom. The lowest BCUT2D eigenvalue weighted by Gasteiger charge is -2.01. The number of thiazole rings is 1. The van der Waals surface area contributed by atoms with Crippen molar-refractivity contribution in [2.24, 2.45) is 5.73 Å². The molecule has 0 aliphatic carbocycles. The van der Waals surface area contributed by atoms with Crippen LogP contribution in [0.3, 0.4) is 0 Å². The van der Waals surface area contributed by atoms with Gasteiger partial charge in [0.15, 0.2) is 10.8 Å². The Bertz CT molecular complexity index is 942. The monoisotopic (exact) mass is 422 g/mol. The van der Waals surface area contributed by atoms with E-state index in [4.69, 9.17) is 5.73 Å². The summed E-state index contributed by atoms with van der Waals surface area (Å²) in [5.74, 6) is -0.690. The number of anilines is 1. The molecule has 5 N–H and O–H groups in total. The summed E-state index contributed by atoms with van der Waals surface area (Å²) >= 11 is 4.68. The van der Waals surface area contributed by atoms with Gasteiger partial charge < -0.3 is 10.7 Å². The van der Waals surface area contributed by atoms with Crippen LogP contribution in [0.2, 0.25) is 0 Å². The molecule has 0 saturated carbocycles. The molecule has 0 fully saturated rings. The Labute approximate surface area is 155 Å². The molecule has 0 aromatic carbocycles. The fraction of sp³-hybridized carbons (Fsp3) is 0.200. The average Bonchev–Trinajstić information content (AvgIpc) is 3.24. The minimum Gasteiger partial charge on any atom is -0.364 e. The number of aromatic amines is 2. The van der Waals surface area contributed by atoms with E-state index in [2.05, 4.69) is 41.4 Å². The summed E-state index contributed by atoms with van der Waals surface area (Å²) in [6.45, 7) is 4.01. The van der Waals surface area contributed by atoms with Gasteiger partial charge in [-0.1, -0.05) is 13.8 Å². The molecule has 8 nitrogen and oxygen atoms in total. The summed E-state index contributed by atoms with van der Waals surface area (Å²) in [5, 5.41) is 11.9. The molecule has 0 radical (unpaired) electrons. The maximum atomic E-state index is 12.4. The van der Waals surface area contributed by atoms with E-state index in [1.807, 2.05) is 13.8 Å². The van der Waals surface area contributed by atoms with E-state index >= 15 is 0 Å². The summed E-state index contributed by atoms with van der Waals surface area (Å²) in [5.41, 5.74) is 8.00. The van der Waals surface area contributed by atoms with E-state index in [1.54, 1.807) is 17.6 Å².